The fraction of sp³-hybridized carbons (Fsp3) is 0.739. The summed E-state index contributed by atoms with van der Waals surface area (Å²) >= 11 is 0. The van der Waals surface area contributed by atoms with Crippen LogP contribution in [-0.4, -0.2) is 17.8 Å². The minimum Gasteiger partial charge on any atom is -0.396 e. The number of hydrogen-bond acceptors (Lipinski definition) is 2. The van der Waals surface area contributed by atoms with Gasteiger partial charge in [0.15, 0.2) is 0 Å². The summed E-state index contributed by atoms with van der Waals surface area (Å²) in [6.45, 7) is 11.7. The normalized spacial score (nSPS) is 42.3. The molecule has 0 radical (unpaired) electrons. The van der Waals surface area contributed by atoms with Gasteiger partial charge < -0.3 is 9.63 Å². The smallest absolute Gasteiger partial charge is 0.0860 e. The zero-order chi connectivity index (χ0) is 18.9. The maximum absolute atomic E-state index is 9.69. The molecule has 0 aromatic rings. The average molecular weight is 377 g/mol. The maximum atomic E-state index is 9.69. The largest absolute Gasteiger partial charge is 0.396 e. The molecule has 0 aromatic heterocycles. The quantitative estimate of drug-likeness (QED) is 0.624. The van der Waals surface area contributed by atoms with Gasteiger partial charge >= 0.3 is 0 Å². The van der Waals surface area contributed by atoms with Gasteiger partial charge in [0.1, 0.15) is 0 Å². The molecule has 3 fully saturated rings. The van der Waals surface area contributed by atoms with Crippen molar-refractivity contribution in [2.45, 2.75) is 71.8 Å². The highest BCUT2D eigenvalue weighted by Crippen LogP contribution is 2.59. The van der Waals surface area contributed by atoms with E-state index in [1.54, 1.807) is 5.57 Å². The predicted octanol–water partition coefficient (Wildman–Crippen LogP) is 5.85. The van der Waals surface area contributed by atoms with E-state index >= 15 is 0 Å². The van der Waals surface area contributed by atoms with E-state index in [0.717, 1.165) is 18.4 Å². The fourth-order valence-electron chi connectivity index (χ4n) is 6.17. The Hall–Kier alpha value is -0.430. The number of rotatable bonds is 4. The first kappa shape index (κ1) is 20.3. The molecule has 3 rings (SSSR count). The highest BCUT2D eigenvalue weighted by Gasteiger charge is 2.50. The van der Waals surface area contributed by atoms with E-state index in [0.29, 0.717) is 35.7 Å². The van der Waals surface area contributed by atoms with Crippen LogP contribution in [0.25, 0.3) is 0 Å². The molecular weight excluding hydrogens is 339 g/mol. The second-order valence-corrected chi connectivity index (χ2v) is 9.66. The zero-order valence-corrected chi connectivity index (χ0v) is 18.0. The molecule has 3 heteroatoms. The van der Waals surface area contributed by atoms with Crippen molar-refractivity contribution < 1.29 is 9.63 Å². The monoisotopic (exact) mass is 376 g/mol. The van der Waals surface area contributed by atoms with Crippen LogP contribution in [0.1, 0.15) is 65.7 Å². The highest BCUT2D eigenvalue weighted by molar-refractivity contribution is 7.09. The van der Waals surface area contributed by atoms with Crippen molar-refractivity contribution in [3.63, 3.8) is 0 Å². The second kappa shape index (κ2) is 8.29. The Kier molecular flexibility index (Phi) is 6.48. The lowest BCUT2D eigenvalue weighted by Crippen LogP contribution is -2.36. The summed E-state index contributed by atoms with van der Waals surface area (Å²) in [6.07, 6.45) is 13.5. The SMILES string of the molecule is C=C1/C(=C\C=C2/CCC[C@]3(C)C([C@H](C)CO)CC[C@@H]23)C[C@@H](C)C[C@@H]1OP. The van der Waals surface area contributed by atoms with Gasteiger partial charge in [0, 0.05) is 16.1 Å². The van der Waals surface area contributed by atoms with E-state index in [1.165, 1.54) is 37.7 Å². The summed E-state index contributed by atoms with van der Waals surface area (Å²) in [4.78, 5) is 0. The van der Waals surface area contributed by atoms with Crippen LogP contribution in [0.15, 0.2) is 35.5 Å². The first-order valence-electron chi connectivity index (χ1n) is 10.5. The molecule has 0 bridgehead atoms. The minimum absolute atomic E-state index is 0.145. The molecule has 2 nitrogen and oxygen atoms in total. The molecular formula is C23H37O2P. The van der Waals surface area contributed by atoms with Crippen molar-refractivity contribution in [2.24, 2.45) is 29.1 Å². The van der Waals surface area contributed by atoms with Gasteiger partial charge in [0.05, 0.1) is 6.10 Å². The lowest BCUT2D eigenvalue weighted by atomic mass is 9.61. The zero-order valence-electron chi connectivity index (χ0n) is 16.8. The van der Waals surface area contributed by atoms with E-state index in [1.807, 2.05) is 0 Å². The summed E-state index contributed by atoms with van der Waals surface area (Å²) in [5, 5.41) is 9.69. The molecule has 146 valence electrons. The first-order valence-corrected chi connectivity index (χ1v) is 10.9. The summed E-state index contributed by atoms with van der Waals surface area (Å²) in [5.74, 6) is 2.42. The van der Waals surface area contributed by atoms with Crippen molar-refractivity contribution in [2.75, 3.05) is 6.61 Å². The third-order valence-electron chi connectivity index (χ3n) is 7.66. The van der Waals surface area contributed by atoms with Gasteiger partial charge in [0.2, 0.25) is 0 Å². The lowest BCUT2D eigenvalue weighted by Gasteiger charge is -2.44. The van der Waals surface area contributed by atoms with Gasteiger partial charge in [-0.05, 0) is 85.2 Å². The van der Waals surface area contributed by atoms with Crippen molar-refractivity contribution in [1.29, 1.82) is 0 Å². The molecule has 3 saturated carbocycles. The molecule has 2 unspecified atom stereocenters. The highest BCUT2D eigenvalue weighted by atomic mass is 31.0. The number of allylic oxidation sites excluding steroid dienone is 3. The van der Waals surface area contributed by atoms with Crippen molar-refractivity contribution in [3.8, 4) is 0 Å². The number of aliphatic hydroxyl groups is 1. The number of hydrogen-bond donors (Lipinski definition) is 1. The molecule has 0 spiro atoms. The Labute approximate surface area is 162 Å². The van der Waals surface area contributed by atoms with Crippen LogP contribution < -0.4 is 0 Å². The summed E-state index contributed by atoms with van der Waals surface area (Å²) in [6, 6.07) is 0. The summed E-state index contributed by atoms with van der Waals surface area (Å²) in [7, 11) is 2.42. The van der Waals surface area contributed by atoms with Crippen LogP contribution in [0.5, 0.6) is 0 Å². The van der Waals surface area contributed by atoms with Gasteiger partial charge in [-0.2, -0.15) is 0 Å². The van der Waals surface area contributed by atoms with Gasteiger partial charge in [-0.3, -0.25) is 0 Å². The van der Waals surface area contributed by atoms with E-state index in [2.05, 4.69) is 49.0 Å². The van der Waals surface area contributed by atoms with Crippen molar-refractivity contribution in [1.82, 2.24) is 0 Å². The van der Waals surface area contributed by atoms with Crippen LogP contribution >= 0.6 is 9.47 Å². The summed E-state index contributed by atoms with van der Waals surface area (Å²) < 4.78 is 5.57. The Bertz CT molecular complexity index is 593. The van der Waals surface area contributed by atoms with E-state index in [-0.39, 0.29) is 6.10 Å². The molecule has 3 aliphatic carbocycles. The molecule has 3 aliphatic rings. The molecule has 26 heavy (non-hydrogen) atoms. The van der Waals surface area contributed by atoms with E-state index in [9.17, 15) is 5.11 Å². The summed E-state index contributed by atoms with van der Waals surface area (Å²) in [5.41, 5.74) is 4.53. The van der Waals surface area contributed by atoms with Crippen molar-refractivity contribution in [3.05, 3.63) is 35.5 Å². The van der Waals surface area contributed by atoms with Gasteiger partial charge in [-0.15, -0.1) is 0 Å². The topological polar surface area (TPSA) is 29.5 Å². The third kappa shape index (κ3) is 3.75. The van der Waals surface area contributed by atoms with Gasteiger partial charge in [-0.1, -0.05) is 45.1 Å². The second-order valence-electron chi connectivity index (χ2n) is 9.38. The molecule has 0 heterocycles. The van der Waals surface area contributed by atoms with Crippen LogP contribution in [0.4, 0.5) is 0 Å². The lowest BCUT2D eigenvalue weighted by molar-refractivity contribution is 0.0690. The Morgan fingerprint density at radius 2 is 2.15 bits per heavy atom. The molecule has 0 amide bonds. The van der Waals surface area contributed by atoms with Crippen LogP contribution in [-0.2, 0) is 4.52 Å². The van der Waals surface area contributed by atoms with Crippen molar-refractivity contribution >= 4 is 9.47 Å². The molecule has 7 atom stereocenters. The van der Waals surface area contributed by atoms with E-state index < -0.39 is 0 Å². The Balaban J connectivity index is 1.82. The Morgan fingerprint density at radius 1 is 1.38 bits per heavy atom. The van der Waals surface area contributed by atoms with E-state index in [4.69, 9.17) is 4.52 Å². The number of fused-ring (bicyclic) bond motifs is 1. The predicted molar refractivity (Wildman–Crippen MR) is 113 cm³/mol. The molecule has 1 N–H and O–H groups in total. The first-order chi connectivity index (χ1) is 12.4. The van der Waals surface area contributed by atoms with Crippen LogP contribution in [0, 0.1) is 29.1 Å². The minimum atomic E-state index is 0.145. The van der Waals surface area contributed by atoms with Gasteiger partial charge in [-0.25, -0.2) is 0 Å². The average Bonchev–Trinajstić information content (AvgIpc) is 2.98. The maximum Gasteiger partial charge on any atom is 0.0860 e. The number of aliphatic hydroxyl groups excluding tert-OH is 1. The molecule has 0 aliphatic heterocycles. The molecule has 0 aromatic carbocycles. The Morgan fingerprint density at radius 3 is 2.85 bits per heavy atom. The van der Waals surface area contributed by atoms with Gasteiger partial charge in [0.25, 0.3) is 0 Å². The third-order valence-corrected chi connectivity index (χ3v) is 7.99. The molecule has 0 saturated heterocycles. The van der Waals surface area contributed by atoms with Crippen LogP contribution in [0.2, 0.25) is 0 Å². The fourth-order valence-corrected chi connectivity index (χ4v) is 6.44. The standard InChI is InChI=1S/C23H37O2P/c1-15-12-19(17(3)22(13-15)25-26)8-7-18-6-5-11-23(4)20(16(2)14-24)9-10-21(18)23/h7-8,15-16,20-22,24H,3,5-6,9-14,26H2,1-2,4H3/b18-7+,19-8-/t15-,16-,20?,21+,22+,23-/m1/s1. The van der Waals surface area contributed by atoms with Crippen LogP contribution in [0.3, 0.4) is 0 Å².